The molecule has 2 aliphatic carbocycles. The third-order valence-electron chi connectivity index (χ3n) is 17.2. The number of benzene rings is 4. The Bertz CT molecular complexity index is 2480. The molecule has 4 fully saturated rings. The summed E-state index contributed by atoms with van der Waals surface area (Å²) in [5.74, 6) is -1.46. The van der Waals surface area contributed by atoms with Crippen molar-refractivity contribution in [2.24, 2.45) is 11.8 Å². The van der Waals surface area contributed by atoms with Gasteiger partial charge in [0, 0.05) is 50.4 Å². The van der Waals surface area contributed by atoms with Gasteiger partial charge in [0.25, 0.3) is 11.8 Å². The lowest BCUT2D eigenvalue weighted by Gasteiger charge is -2.37. The Balaban J connectivity index is 1.03. The van der Waals surface area contributed by atoms with Gasteiger partial charge in [-0.3, -0.25) is 28.8 Å². The van der Waals surface area contributed by atoms with Gasteiger partial charge in [0.15, 0.2) is 0 Å². The highest BCUT2D eigenvalue weighted by molar-refractivity contribution is 6.02. The molecule has 0 radical (unpaired) electrons. The fourth-order valence-corrected chi connectivity index (χ4v) is 12.3. The fraction of sp³-hybridized carbons (Fsp3) is 0.548. The minimum Gasteiger partial charge on any atom is -0.391 e. The SMILES string of the molecule is CN[C@@H](C)C(=O)N[C@H](C(=O)N1C[C@@H](O)C[C@@H]1CN(CCc1ccccc1)C(=O)c1ccc2cc(C(=O)N(CCc3ccccc3)C[C@@H]3C[C@H](O)CN3C(=O)[C@@H](NC(=O)[C@H](C)NC)C3CCCCC3)ccc2c1)C1CCCCC1. The molecule has 4 aromatic carbocycles. The molecule has 0 bridgehead atoms. The average Bonchev–Trinajstić information content (AvgIpc) is 4.05. The molecule has 0 spiro atoms. The molecule has 4 aliphatic rings. The summed E-state index contributed by atoms with van der Waals surface area (Å²) in [4.78, 5) is 92.8. The number of nitrogens with zero attached hydrogens (tertiary/aromatic N) is 4. The maximum Gasteiger partial charge on any atom is 0.253 e. The van der Waals surface area contributed by atoms with Gasteiger partial charge in [-0.05, 0) is 137 Å². The minimum absolute atomic E-state index is 0.0282. The van der Waals surface area contributed by atoms with Crippen LogP contribution in [0.5, 0.6) is 0 Å². The number of nitrogens with one attached hydrogen (secondary N) is 4. The molecule has 0 aromatic heterocycles. The second-order valence-electron chi connectivity index (χ2n) is 22.6. The number of amides is 6. The van der Waals surface area contributed by atoms with E-state index in [2.05, 4.69) is 21.3 Å². The second-order valence-corrected chi connectivity index (χ2v) is 22.6. The van der Waals surface area contributed by atoms with E-state index in [0.717, 1.165) is 86.1 Å². The topological polar surface area (TPSA) is 204 Å². The molecule has 6 amide bonds. The summed E-state index contributed by atoms with van der Waals surface area (Å²) in [6.45, 7) is 4.83. The average molecular weight is 1070 g/mol. The summed E-state index contributed by atoms with van der Waals surface area (Å²) in [7, 11) is 3.42. The van der Waals surface area contributed by atoms with E-state index in [1.807, 2.05) is 84.9 Å². The first kappa shape index (κ1) is 58.0. The predicted molar refractivity (Wildman–Crippen MR) is 302 cm³/mol. The van der Waals surface area contributed by atoms with Crippen LogP contribution in [0.3, 0.4) is 0 Å². The van der Waals surface area contributed by atoms with Crippen molar-refractivity contribution in [2.45, 2.75) is 152 Å². The van der Waals surface area contributed by atoms with E-state index >= 15 is 0 Å². The van der Waals surface area contributed by atoms with Crippen LogP contribution in [0.15, 0.2) is 97.1 Å². The number of carbonyl (C=O) groups excluding carboxylic acids is 6. The van der Waals surface area contributed by atoms with E-state index in [4.69, 9.17) is 0 Å². The number of fused-ring (bicyclic) bond motifs is 1. The number of aliphatic hydroxyl groups is 2. The molecule has 16 heteroatoms. The Morgan fingerprint density at radius 1 is 0.538 bits per heavy atom. The monoisotopic (exact) mass is 1070 g/mol. The van der Waals surface area contributed by atoms with Crippen LogP contribution in [0.1, 0.15) is 123 Å². The Hall–Kier alpha value is -6.20. The molecule has 0 unspecified atom stereocenters. The van der Waals surface area contributed by atoms with E-state index in [1.165, 1.54) is 0 Å². The van der Waals surface area contributed by atoms with Gasteiger partial charge in [-0.25, -0.2) is 0 Å². The third kappa shape index (κ3) is 14.7. The van der Waals surface area contributed by atoms with Crippen molar-refractivity contribution in [1.29, 1.82) is 0 Å². The Morgan fingerprint density at radius 3 is 1.27 bits per heavy atom. The molecule has 6 N–H and O–H groups in total. The lowest BCUT2D eigenvalue weighted by molar-refractivity contribution is -0.140. The van der Waals surface area contributed by atoms with Crippen LogP contribution in [0.25, 0.3) is 10.8 Å². The first-order valence-electron chi connectivity index (χ1n) is 28.8. The quantitative estimate of drug-likeness (QED) is 0.0586. The summed E-state index contributed by atoms with van der Waals surface area (Å²) in [5.41, 5.74) is 2.99. The molecular weight excluding hydrogens is 985 g/mol. The molecule has 16 nitrogen and oxygen atoms in total. The van der Waals surface area contributed by atoms with Crippen LogP contribution < -0.4 is 21.3 Å². The van der Waals surface area contributed by atoms with E-state index in [9.17, 15) is 39.0 Å². The fourth-order valence-electron chi connectivity index (χ4n) is 12.3. The van der Waals surface area contributed by atoms with Gasteiger partial charge in [0.2, 0.25) is 23.6 Å². The molecule has 2 heterocycles. The highest BCUT2D eigenvalue weighted by atomic mass is 16.3. The maximum atomic E-state index is 14.9. The van der Waals surface area contributed by atoms with E-state index in [1.54, 1.807) is 59.7 Å². The molecule has 8 atom stereocenters. The molecule has 8 rings (SSSR count). The van der Waals surface area contributed by atoms with Crippen molar-refractivity contribution in [2.75, 3.05) is 53.4 Å². The van der Waals surface area contributed by atoms with Gasteiger partial charge in [-0.2, -0.15) is 0 Å². The van der Waals surface area contributed by atoms with Crippen molar-refractivity contribution >= 4 is 46.2 Å². The molecule has 2 aliphatic heterocycles. The van der Waals surface area contributed by atoms with Gasteiger partial charge >= 0.3 is 0 Å². The van der Waals surface area contributed by atoms with Gasteiger partial charge in [-0.15, -0.1) is 0 Å². The third-order valence-corrected chi connectivity index (χ3v) is 17.2. The Labute approximate surface area is 461 Å². The van der Waals surface area contributed by atoms with Gasteiger partial charge in [-0.1, -0.05) is 111 Å². The molecule has 420 valence electrons. The van der Waals surface area contributed by atoms with Crippen molar-refractivity contribution in [1.82, 2.24) is 40.9 Å². The van der Waals surface area contributed by atoms with Crippen molar-refractivity contribution in [3.63, 3.8) is 0 Å². The molecule has 2 saturated heterocycles. The summed E-state index contributed by atoms with van der Waals surface area (Å²) >= 11 is 0. The first-order chi connectivity index (χ1) is 37.7. The highest BCUT2D eigenvalue weighted by Gasteiger charge is 2.44. The summed E-state index contributed by atoms with van der Waals surface area (Å²) in [6.07, 6.45) is 9.53. The standard InChI is InChI=1S/C62H84N8O8/c1-41(63-3)57(73)65-55(45-21-13-7-14-22-45)61(77)69-39-53(71)35-51(69)37-67(31-29-43-17-9-5-10-18-43)59(75)49-27-25-48-34-50(28-26-47(48)33-49)60(76)68(32-30-44-19-11-6-12-20-44)38-52-36-54(72)40-70(52)62(78)56(46-23-15-8-16-24-46)66-58(74)42(2)64-4/h5-6,9-12,17-20,25-28,33-34,41-42,45-46,51-56,63-64,71-72H,7-8,13-16,21-24,29-32,35-40H2,1-4H3,(H,65,73)(H,66,74)/t41-,42-,51-,52+,53-,54-,55-,56-/m0/s1. The maximum absolute atomic E-state index is 14.9. The first-order valence-corrected chi connectivity index (χ1v) is 28.8. The van der Waals surface area contributed by atoms with Crippen LogP contribution in [-0.4, -0.2) is 167 Å². The number of rotatable bonds is 22. The van der Waals surface area contributed by atoms with Crippen molar-refractivity contribution < 1.29 is 39.0 Å². The summed E-state index contributed by atoms with van der Waals surface area (Å²) in [5, 5.41) is 35.9. The normalized spacial score (nSPS) is 21.6. The largest absolute Gasteiger partial charge is 0.391 e. The molecule has 2 saturated carbocycles. The van der Waals surface area contributed by atoms with E-state index in [-0.39, 0.29) is 73.5 Å². The van der Waals surface area contributed by atoms with Gasteiger partial charge < -0.3 is 51.1 Å². The van der Waals surface area contributed by atoms with Crippen LogP contribution >= 0.6 is 0 Å². The number of β-amino-alcohol motifs (C(OH)–C–C–N with tert-alkyl or cyclic N) is 2. The van der Waals surface area contributed by atoms with Gasteiger partial charge in [0.05, 0.1) is 36.4 Å². The van der Waals surface area contributed by atoms with Gasteiger partial charge in [0.1, 0.15) is 12.1 Å². The number of hydrogen-bond donors (Lipinski definition) is 6. The number of aliphatic hydroxyl groups excluding tert-OH is 2. The van der Waals surface area contributed by atoms with E-state index < -0.39 is 48.5 Å². The molecule has 4 aromatic rings. The van der Waals surface area contributed by atoms with Crippen LogP contribution in [-0.2, 0) is 32.0 Å². The Kier molecular flexibility index (Phi) is 20.5. The number of likely N-dealkylation sites (N-methyl/N-ethyl adjacent to an activating group) is 2. The minimum atomic E-state index is -0.785. The lowest BCUT2D eigenvalue weighted by Crippen LogP contribution is -2.57. The van der Waals surface area contributed by atoms with Crippen LogP contribution in [0.2, 0.25) is 0 Å². The van der Waals surface area contributed by atoms with Crippen molar-refractivity contribution in [3.8, 4) is 0 Å². The zero-order valence-electron chi connectivity index (χ0n) is 46.3. The zero-order chi connectivity index (χ0) is 55.3. The van der Waals surface area contributed by atoms with Crippen molar-refractivity contribution in [3.05, 3.63) is 119 Å². The lowest BCUT2D eigenvalue weighted by atomic mass is 9.83. The second kappa shape index (κ2) is 27.6. The summed E-state index contributed by atoms with van der Waals surface area (Å²) in [6, 6.07) is 27.3. The van der Waals surface area contributed by atoms with Crippen LogP contribution in [0, 0.1) is 11.8 Å². The predicted octanol–water partition coefficient (Wildman–Crippen LogP) is 5.48. The highest BCUT2D eigenvalue weighted by Crippen LogP contribution is 2.32. The molecule has 78 heavy (non-hydrogen) atoms. The molecular formula is C62H84N8O8. The number of hydrogen-bond acceptors (Lipinski definition) is 10. The summed E-state index contributed by atoms with van der Waals surface area (Å²) < 4.78 is 0. The number of likely N-dealkylation sites (tertiary alicyclic amines) is 2. The Morgan fingerprint density at radius 2 is 0.910 bits per heavy atom. The number of carbonyl (C=O) groups is 6. The van der Waals surface area contributed by atoms with E-state index in [0.29, 0.717) is 49.9 Å². The smallest absolute Gasteiger partial charge is 0.253 e. The van der Waals surface area contributed by atoms with Crippen LogP contribution in [0.4, 0.5) is 0 Å². The zero-order valence-corrected chi connectivity index (χ0v) is 46.3.